The van der Waals surface area contributed by atoms with E-state index in [0.29, 0.717) is 16.6 Å². The van der Waals surface area contributed by atoms with E-state index < -0.39 is 0 Å². The van der Waals surface area contributed by atoms with E-state index in [9.17, 15) is 4.79 Å². The predicted octanol–water partition coefficient (Wildman–Crippen LogP) is 3.66. The first-order valence-corrected chi connectivity index (χ1v) is 8.18. The van der Waals surface area contributed by atoms with Gasteiger partial charge in [0, 0.05) is 42.3 Å². The van der Waals surface area contributed by atoms with Crippen LogP contribution in [0.3, 0.4) is 0 Å². The minimum Gasteiger partial charge on any atom is -0.336 e. The maximum Gasteiger partial charge on any atom is 0.253 e. The molecule has 0 aliphatic carbocycles. The van der Waals surface area contributed by atoms with E-state index in [-0.39, 0.29) is 5.91 Å². The van der Waals surface area contributed by atoms with Crippen LogP contribution in [0.15, 0.2) is 22.7 Å². The largest absolute Gasteiger partial charge is 0.336 e. The van der Waals surface area contributed by atoms with Gasteiger partial charge in [0.1, 0.15) is 0 Å². The molecule has 1 amide bonds. The first-order valence-electron chi connectivity index (χ1n) is 7.01. The summed E-state index contributed by atoms with van der Waals surface area (Å²) in [6, 6.07) is 5.97. The van der Waals surface area contributed by atoms with E-state index >= 15 is 0 Å². The van der Waals surface area contributed by atoms with E-state index in [4.69, 9.17) is 11.6 Å². The lowest BCUT2D eigenvalue weighted by Crippen LogP contribution is -2.51. The molecule has 1 aromatic carbocycles. The summed E-state index contributed by atoms with van der Waals surface area (Å²) in [7, 11) is 0. The molecule has 1 aliphatic heterocycles. The minimum atomic E-state index is 0.0724. The van der Waals surface area contributed by atoms with E-state index in [1.165, 1.54) is 0 Å². The number of halogens is 2. The zero-order valence-electron chi connectivity index (χ0n) is 11.9. The molecule has 20 heavy (non-hydrogen) atoms. The monoisotopic (exact) mass is 358 g/mol. The fraction of sp³-hybridized carbons (Fsp3) is 0.533. The Morgan fingerprint density at radius 3 is 2.55 bits per heavy atom. The molecular weight excluding hydrogens is 340 g/mol. The Labute approximate surface area is 134 Å². The van der Waals surface area contributed by atoms with Crippen molar-refractivity contribution in [2.75, 3.05) is 26.2 Å². The Hall–Kier alpha value is -0.580. The molecule has 110 valence electrons. The average Bonchev–Trinajstić information content (AvgIpc) is 2.48. The van der Waals surface area contributed by atoms with Crippen molar-refractivity contribution < 1.29 is 4.79 Å². The third-order valence-electron chi connectivity index (χ3n) is 3.98. The zero-order chi connectivity index (χ0) is 14.7. The van der Waals surface area contributed by atoms with Gasteiger partial charge in [0.2, 0.25) is 0 Å². The first-order chi connectivity index (χ1) is 9.52. The van der Waals surface area contributed by atoms with Crippen LogP contribution in [-0.4, -0.2) is 47.9 Å². The van der Waals surface area contributed by atoms with Crippen molar-refractivity contribution in [3.8, 4) is 0 Å². The summed E-state index contributed by atoms with van der Waals surface area (Å²) >= 11 is 9.40. The molecule has 1 unspecified atom stereocenters. The lowest BCUT2D eigenvalue weighted by molar-refractivity contribution is 0.0579. The molecule has 0 spiro atoms. The Kier molecular flexibility index (Phi) is 5.47. The third-order valence-corrected chi connectivity index (χ3v) is 5.21. The average molecular weight is 360 g/mol. The van der Waals surface area contributed by atoms with Crippen LogP contribution in [0.25, 0.3) is 0 Å². The maximum atomic E-state index is 12.4. The standard InChI is InChI=1S/C15H20BrClN2O/c1-3-11(2)18-6-8-19(9-7-18)15(20)12-4-5-13(16)14(17)10-12/h4-5,10-11H,3,6-9H2,1-2H3. The molecule has 0 aromatic heterocycles. The van der Waals surface area contributed by atoms with E-state index in [0.717, 1.165) is 37.1 Å². The molecular formula is C15H20BrClN2O. The zero-order valence-corrected chi connectivity index (χ0v) is 14.2. The van der Waals surface area contributed by atoms with Gasteiger partial charge in [0.05, 0.1) is 5.02 Å². The van der Waals surface area contributed by atoms with Crippen molar-refractivity contribution in [3.05, 3.63) is 33.3 Å². The van der Waals surface area contributed by atoms with Gasteiger partial charge in [-0.1, -0.05) is 18.5 Å². The number of amides is 1. The maximum absolute atomic E-state index is 12.4. The van der Waals surface area contributed by atoms with Crippen molar-refractivity contribution in [3.63, 3.8) is 0 Å². The Balaban J connectivity index is 1.99. The lowest BCUT2D eigenvalue weighted by atomic mass is 10.1. The van der Waals surface area contributed by atoms with Crippen LogP contribution in [0.2, 0.25) is 5.02 Å². The van der Waals surface area contributed by atoms with Gasteiger partial charge in [-0.2, -0.15) is 0 Å². The summed E-state index contributed by atoms with van der Waals surface area (Å²) < 4.78 is 0.817. The van der Waals surface area contributed by atoms with Gasteiger partial charge >= 0.3 is 0 Å². The van der Waals surface area contributed by atoms with Gasteiger partial charge in [-0.15, -0.1) is 0 Å². The Bertz CT molecular complexity index is 487. The van der Waals surface area contributed by atoms with Crippen molar-refractivity contribution in [1.29, 1.82) is 0 Å². The third kappa shape index (κ3) is 3.54. The van der Waals surface area contributed by atoms with E-state index in [1.807, 2.05) is 17.0 Å². The summed E-state index contributed by atoms with van der Waals surface area (Å²) in [5, 5.41) is 0.578. The van der Waals surface area contributed by atoms with Gasteiger partial charge < -0.3 is 4.90 Å². The highest BCUT2D eigenvalue weighted by Crippen LogP contribution is 2.24. The number of nitrogens with zero attached hydrogens (tertiary/aromatic N) is 2. The molecule has 2 rings (SSSR count). The molecule has 1 aromatic rings. The van der Waals surface area contributed by atoms with Crippen LogP contribution in [0.4, 0.5) is 0 Å². The summed E-state index contributed by atoms with van der Waals surface area (Å²) in [5.41, 5.74) is 0.662. The van der Waals surface area contributed by atoms with Gasteiger partial charge in [0.15, 0.2) is 0 Å². The van der Waals surface area contributed by atoms with Crippen molar-refractivity contribution in [2.24, 2.45) is 0 Å². The molecule has 1 saturated heterocycles. The first kappa shape index (κ1) is 15.8. The van der Waals surface area contributed by atoms with Gasteiger partial charge in [-0.25, -0.2) is 0 Å². The minimum absolute atomic E-state index is 0.0724. The summed E-state index contributed by atoms with van der Waals surface area (Å²) in [5.74, 6) is 0.0724. The van der Waals surface area contributed by atoms with Crippen LogP contribution in [-0.2, 0) is 0 Å². The molecule has 0 N–H and O–H groups in total. The molecule has 0 bridgehead atoms. The molecule has 1 heterocycles. The fourth-order valence-corrected chi connectivity index (χ4v) is 2.86. The quantitative estimate of drug-likeness (QED) is 0.822. The number of hydrogen-bond donors (Lipinski definition) is 0. The Morgan fingerprint density at radius 1 is 1.35 bits per heavy atom. The van der Waals surface area contributed by atoms with Crippen LogP contribution in [0, 0.1) is 0 Å². The summed E-state index contributed by atoms with van der Waals surface area (Å²) in [6.45, 7) is 7.92. The highest BCUT2D eigenvalue weighted by molar-refractivity contribution is 9.10. The second-order valence-electron chi connectivity index (χ2n) is 5.21. The van der Waals surface area contributed by atoms with Gasteiger partial charge in [-0.3, -0.25) is 9.69 Å². The van der Waals surface area contributed by atoms with Crippen LogP contribution < -0.4 is 0 Å². The fourth-order valence-electron chi connectivity index (χ4n) is 2.44. The summed E-state index contributed by atoms with van der Waals surface area (Å²) in [4.78, 5) is 16.8. The van der Waals surface area contributed by atoms with Gasteiger partial charge in [0.25, 0.3) is 5.91 Å². The second-order valence-corrected chi connectivity index (χ2v) is 6.48. The predicted molar refractivity (Wildman–Crippen MR) is 86.4 cm³/mol. The topological polar surface area (TPSA) is 23.6 Å². The molecule has 5 heteroatoms. The van der Waals surface area contributed by atoms with Crippen molar-refractivity contribution in [2.45, 2.75) is 26.3 Å². The smallest absolute Gasteiger partial charge is 0.253 e. The highest BCUT2D eigenvalue weighted by Gasteiger charge is 2.24. The van der Waals surface area contributed by atoms with Crippen molar-refractivity contribution >= 4 is 33.4 Å². The lowest BCUT2D eigenvalue weighted by Gasteiger charge is -2.37. The number of rotatable bonds is 3. The van der Waals surface area contributed by atoms with Crippen LogP contribution >= 0.6 is 27.5 Å². The molecule has 1 fully saturated rings. The second kappa shape index (κ2) is 6.92. The molecule has 1 atom stereocenters. The molecule has 1 aliphatic rings. The molecule has 3 nitrogen and oxygen atoms in total. The number of carbonyl (C=O) groups excluding carboxylic acids is 1. The Morgan fingerprint density at radius 2 is 2.00 bits per heavy atom. The molecule has 0 radical (unpaired) electrons. The SMILES string of the molecule is CCC(C)N1CCN(C(=O)c2ccc(Br)c(Cl)c2)CC1. The number of piperazine rings is 1. The number of carbonyl (C=O) groups is 1. The molecule has 0 saturated carbocycles. The van der Waals surface area contributed by atoms with Crippen LogP contribution in [0.1, 0.15) is 30.6 Å². The normalized spacial score (nSPS) is 18.1. The van der Waals surface area contributed by atoms with Crippen LogP contribution in [0.5, 0.6) is 0 Å². The summed E-state index contributed by atoms with van der Waals surface area (Å²) in [6.07, 6.45) is 1.15. The number of hydrogen-bond acceptors (Lipinski definition) is 2. The highest BCUT2D eigenvalue weighted by atomic mass is 79.9. The van der Waals surface area contributed by atoms with E-state index in [1.54, 1.807) is 6.07 Å². The van der Waals surface area contributed by atoms with Crippen molar-refractivity contribution in [1.82, 2.24) is 9.80 Å². The van der Waals surface area contributed by atoms with Gasteiger partial charge in [-0.05, 0) is 47.5 Å². The van der Waals surface area contributed by atoms with E-state index in [2.05, 4.69) is 34.7 Å². The number of benzene rings is 1.